The molecule has 28 heavy (non-hydrogen) atoms. The number of nitrogens with zero attached hydrogens (tertiary/aromatic N) is 1. The van der Waals surface area contributed by atoms with Crippen molar-refractivity contribution in [3.63, 3.8) is 0 Å². The van der Waals surface area contributed by atoms with Gasteiger partial charge in [-0.15, -0.1) is 0 Å². The minimum atomic E-state index is -0.866. The van der Waals surface area contributed by atoms with Crippen molar-refractivity contribution in [2.24, 2.45) is 11.8 Å². The zero-order valence-corrected chi connectivity index (χ0v) is 16.6. The third-order valence-electron chi connectivity index (χ3n) is 5.83. The van der Waals surface area contributed by atoms with Crippen LogP contribution in [0.3, 0.4) is 0 Å². The Balaban J connectivity index is 1.52. The summed E-state index contributed by atoms with van der Waals surface area (Å²) in [5.41, 5.74) is 1.11. The van der Waals surface area contributed by atoms with E-state index in [1.165, 1.54) is 11.0 Å². The molecule has 1 aliphatic rings. The van der Waals surface area contributed by atoms with Gasteiger partial charge >= 0.3 is 11.7 Å². The minimum Gasteiger partial charge on any atom is -0.452 e. The Morgan fingerprint density at radius 3 is 2.82 bits per heavy atom. The third-order valence-corrected chi connectivity index (χ3v) is 5.83. The second-order valence-corrected chi connectivity index (χ2v) is 7.75. The van der Waals surface area contributed by atoms with E-state index in [2.05, 4.69) is 19.2 Å². The van der Waals surface area contributed by atoms with Crippen molar-refractivity contribution in [3.8, 4) is 0 Å². The highest BCUT2D eigenvalue weighted by molar-refractivity contribution is 5.83. The summed E-state index contributed by atoms with van der Waals surface area (Å²) < 4.78 is 11.8. The zero-order chi connectivity index (χ0) is 20.3. The number of amides is 1. The van der Waals surface area contributed by atoms with Crippen LogP contribution < -0.4 is 11.1 Å². The van der Waals surface area contributed by atoms with Crippen LogP contribution in [0, 0.1) is 11.8 Å². The Morgan fingerprint density at radius 2 is 2.04 bits per heavy atom. The van der Waals surface area contributed by atoms with Gasteiger partial charge in [0.15, 0.2) is 11.7 Å². The van der Waals surface area contributed by atoms with E-state index in [1.54, 1.807) is 31.2 Å². The number of hydrogen-bond acceptors (Lipinski definition) is 5. The van der Waals surface area contributed by atoms with Crippen LogP contribution >= 0.6 is 0 Å². The first kappa shape index (κ1) is 20.2. The van der Waals surface area contributed by atoms with Crippen LogP contribution in [0.25, 0.3) is 11.1 Å². The second-order valence-electron chi connectivity index (χ2n) is 7.75. The van der Waals surface area contributed by atoms with E-state index in [4.69, 9.17) is 9.15 Å². The topological polar surface area (TPSA) is 90.5 Å². The molecular weight excluding hydrogens is 360 g/mol. The quantitative estimate of drug-likeness (QED) is 0.769. The van der Waals surface area contributed by atoms with E-state index in [9.17, 15) is 14.4 Å². The molecule has 0 unspecified atom stereocenters. The van der Waals surface area contributed by atoms with Crippen molar-refractivity contribution in [1.29, 1.82) is 0 Å². The number of nitrogens with one attached hydrogen (secondary N) is 1. The van der Waals surface area contributed by atoms with Crippen molar-refractivity contribution in [1.82, 2.24) is 9.88 Å². The molecule has 1 fully saturated rings. The number of rotatable bonds is 6. The molecule has 7 heteroatoms. The van der Waals surface area contributed by atoms with Crippen LogP contribution in [0.5, 0.6) is 0 Å². The smallest absolute Gasteiger partial charge is 0.419 e. The molecule has 1 amide bonds. The Kier molecular flexibility index (Phi) is 6.21. The lowest BCUT2D eigenvalue weighted by Crippen LogP contribution is -2.47. The molecule has 152 valence electrons. The summed E-state index contributed by atoms with van der Waals surface area (Å²) in [5, 5.41) is 3.02. The highest BCUT2D eigenvalue weighted by atomic mass is 16.5. The molecule has 1 N–H and O–H groups in total. The molecule has 1 aromatic carbocycles. The number of aryl methyl sites for hydroxylation is 1. The van der Waals surface area contributed by atoms with Crippen LogP contribution in [0.15, 0.2) is 33.5 Å². The number of para-hydroxylation sites is 2. The lowest BCUT2D eigenvalue weighted by Gasteiger charge is -2.35. The zero-order valence-electron chi connectivity index (χ0n) is 16.6. The fourth-order valence-electron chi connectivity index (χ4n) is 3.82. The number of aromatic nitrogens is 1. The molecule has 1 aromatic heterocycles. The van der Waals surface area contributed by atoms with E-state index in [0.717, 1.165) is 12.8 Å². The first-order valence-corrected chi connectivity index (χ1v) is 9.95. The van der Waals surface area contributed by atoms with Gasteiger partial charge in [-0.2, -0.15) is 0 Å². The molecule has 0 saturated heterocycles. The fourth-order valence-corrected chi connectivity index (χ4v) is 3.82. The van der Waals surface area contributed by atoms with Gasteiger partial charge in [0, 0.05) is 12.6 Å². The highest BCUT2D eigenvalue weighted by Crippen LogP contribution is 2.29. The second kappa shape index (κ2) is 8.63. The monoisotopic (exact) mass is 388 g/mol. The standard InChI is InChI=1S/C21H28N2O5/c1-13-7-6-8-16(14(13)2)22-20(25)15(3)27-19(24)11-12-23-17-9-4-5-10-18(17)28-21(23)26/h4-5,9-10,13-16H,6-8,11-12H2,1-3H3,(H,22,25)/t13-,14-,15+,16-/m1/s1. The van der Waals surface area contributed by atoms with Gasteiger partial charge in [0.25, 0.3) is 5.91 Å². The van der Waals surface area contributed by atoms with E-state index >= 15 is 0 Å². The first-order valence-electron chi connectivity index (χ1n) is 9.95. The lowest BCUT2D eigenvalue weighted by atomic mass is 9.78. The number of carbonyl (C=O) groups excluding carboxylic acids is 2. The maximum Gasteiger partial charge on any atom is 0.419 e. The van der Waals surface area contributed by atoms with Gasteiger partial charge in [-0.25, -0.2) is 4.79 Å². The van der Waals surface area contributed by atoms with Crippen LogP contribution in [0.4, 0.5) is 0 Å². The molecule has 1 aliphatic carbocycles. The summed E-state index contributed by atoms with van der Waals surface area (Å²) in [6.07, 6.45) is 2.35. The van der Waals surface area contributed by atoms with Gasteiger partial charge in [-0.3, -0.25) is 14.2 Å². The van der Waals surface area contributed by atoms with Crippen LogP contribution in [0.2, 0.25) is 0 Å². The Bertz CT molecular complexity index is 900. The predicted octanol–water partition coefficient (Wildman–Crippen LogP) is 2.86. The molecule has 0 bridgehead atoms. The van der Waals surface area contributed by atoms with Crippen LogP contribution in [0.1, 0.15) is 46.5 Å². The normalized spacial score (nSPS) is 23.3. The summed E-state index contributed by atoms with van der Waals surface area (Å²) in [6, 6.07) is 7.15. The molecule has 1 saturated carbocycles. The van der Waals surface area contributed by atoms with E-state index < -0.39 is 17.8 Å². The van der Waals surface area contributed by atoms with E-state index in [0.29, 0.717) is 22.9 Å². The largest absolute Gasteiger partial charge is 0.452 e. The summed E-state index contributed by atoms with van der Waals surface area (Å²) in [4.78, 5) is 36.5. The molecule has 4 atom stereocenters. The molecule has 3 rings (SSSR count). The van der Waals surface area contributed by atoms with E-state index in [-0.39, 0.29) is 24.9 Å². The van der Waals surface area contributed by atoms with Crippen molar-refractivity contribution in [2.45, 2.75) is 65.1 Å². The van der Waals surface area contributed by atoms with Gasteiger partial charge in [-0.05, 0) is 37.3 Å². The van der Waals surface area contributed by atoms with Crippen molar-refractivity contribution < 1.29 is 18.7 Å². The van der Waals surface area contributed by atoms with E-state index in [1.807, 2.05) is 0 Å². The van der Waals surface area contributed by atoms with Crippen molar-refractivity contribution in [3.05, 3.63) is 34.8 Å². The number of fused-ring (bicyclic) bond motifs is 1. The summed E-state index contributed by atoms with van der Waals surface area (Å²) in [7, 11) is 0. The Labute approximate surface area is 164 Å². The molecular formula is C21H28N2O5. The minimum absolute atomic E-state index is 0.0160. The van der Waals surface area contributed by atoms with Crippen LogP contribution in [-0.2, 0) is 20.9 Å². The molecule has 1 heterocycles. The SMILES string of the molecule is C[C@@H]1[C@H](C)CCC[C@H]1NC(=O)[C@H](C)OC(=O)CCn1c(=O)oc2ccccc21. The average Bonchev–Trinajstić information content (AvgIpc) is 2.98. The Hall–Kier alpha value is -2.57. The molecule has 0 aliphatic heterocycles. The number of ether oxygens (including phenoxy) is 1. The Morgan fingerprint density at radius 1 is 1.29 bits per heavy atom. The molecule has 7 nitrogen and oxygen atoms in total. The fraction of sp³-hybridized carbons (Fsp3) is 0.571. The average molecular weight is 388 g/mol. The van der Waals surface area contributed by atoms with Gasteiger partial charge in [0.1, 0.15) is 0 Å². The third kappa shape index (κ3) is 4.46. The summed E-state index contributed by atoms with van der Waals surface area (Å²) in [5.74, 6) is -0.336. The number of carbonyl (C=O) groups is 2. The van der Waals surface area contributed by atoms with Gasteiger partial charge < -0.3 is 14.5 Å². The molecule has 0 spiro atoms. The number of esters is 1. The number of oxazole rings is 1. The molecule has 0 radical (unpaired) electrons. The highest BCUT2D eigenvalue weighted by Gasteiger charge is 2.30. The number of benzene rings is 1. The van der Waals surface area contributed by atoms with Crippen LogP contribution in [-0.4, -0.2) is 28.6 Å². The maximum atomic E-state index is 12.4. The predicted molar refractivity (Wildman–Crippen MR) is 105 cm³/mol. The maximum absolute atomic E-state index is 12.4. The van der Waals surface area contributed by atoms with Gasteiger partial charge in [0.2, 0.25) is 0 Å². The summed E-state index contributed by atoms with van der Waals surface area (Å²) >= 11 is 0. The lowest BCUT2D eigenvalue weighted by molar-refractivity contribution is -0.155. The number of hydrogen-bond donors (Lipinski definition) is 1. The molecule has 2 aromatic rings. The van der Waals surface area contributed by atoms with Gasteiger partial charge in [0.05, 0.1) is 11.9 Å². The summed E-state index contributed by atoms with van der Waals surface area (Å²) in [6.45, 7) is 6.07. The van der Waals surface area contributed by atoms with Crippen molar-refractivity contribution >= 4 is 23.0 Å². The van der Waals surface area contributed by atoms with Crippen molar-refractivity contribution in [2.75, 3.05) is 0 Å². The van der Waals surface area contributed by atoms with Gasteiger partial charge in [-0.1, -0.05) is 38.8 Å². The first-order chi connectivity index (χ1) is 13.4.